The van der Waals surface area contributed by atoms with Crippen molar-refractivity contribution in [1.82, 2.24) is 4.90 Å². The molecule has 2 aromatic rings. The third kappa shape index (κ3) is 4.86. The van der Waals surface area contributed by atoms with Crippen LogP contribution in [0.3, 0.4) is 0 Å². The predicted molar refractivity (Wildman–Crippen MR) is 89.3 cm³/mol. The van der Waals surface area contributed by atoms with Crippen molar-refractivity contribution in [2.24, 2.45) is 0 Å². The van der Waals surface area contributed by atoms with Crippen molar-refractivity contribution in [2.45, 2.75) is 26.8 Å². The Morgan fingerprint density at radius 3 is 2.40 bits per heavy atom. The van der Waals surface area contributed by atoms with Crippen LogP contribution in [0.4, 0.5) is 8.78 Å². The molecule has 0 fully saturated rings. The van der Waals surface area contributed by atoms with Crippen LogP contribution >= 0.6 is 0 Å². The molecule has 0 saturated heterocycles. The Morgan fingerprint density at radius 2 is 1.76 bits per heavy atom. The lowest BCUT2D eigenvalue weighted by Crippen LogP contribution is -2.33. The molecule has 0 aliphatic rings. The number of halogens is 2. The van der Waals surface area contributed by atoms with Gasteiger partial charge in [-0.1, -0.05) is 23.8 Å². The molecule has 4 nitrogen and oxygen atoms in total. The van der Waals surface area contributed by atoms with E-state index in [1.165, 1.54) is 11.0 Å². The zero-order valence-corrected chi connectivity index (χ0v) is 14.1. The maximum atomic E-state index is 13.4. The van der Waals surface area contributed by atoms with Crippen molar-refractivity contribution in [3.8, 4) is 0 Å². The second-order valence-corrected chi connectivity index (χ2v) is 5.94. The number of aryl methyl sites for hydroxylation is 2. The molecule has 0 heterocycles. The van der Waals surface area contributed by atoms with E-state index in [1.54, 1.807) is 13.0 Å². The van der Waals surface area contributed by atoms with E-state index >= 15 is 0 Å². The predicted octanol–water partition coefficient (Wildman–Crippen LogP) is 3.70. The van der Waals surface area contributed by atoms with Crippen LogP contribution in [0.25, 0.3) is 0 Å². The SMILES string of the molecule is Cc1ccc(C)c(C(=O)N(CCC(=O)O)Cc2ccc(F)c(F)c2)c1. The molecule has 0 spiro atoms. The molecule has 0 saturated carbocycles. The summed E-state index contributed by atoms with van der Waals surface area (Å²) in [6.07, 6.45) is -0.236. The minimum absolute atomic E-state index is 0.00328. The molecular formula is C19H19F2NO3. The highest BCUT2D eigenvalue weighted by Crippen LogP contribution is 2.17. The number of hydrogen-bond acceptors (Lipinski definition) is 2. The van der Waals surface area contributed by atoms with Crippen molar-refractivity contribution in [3.05, 3.63) is 70.3 Å². The van der Waals surface area contributed by atoms with Gasteiger partial charge in [-0.05, 0) is 43.2 Å². The summed E-state index contributed by atoms with van der Waals surface area (Å²) >= 11 is 0. The average Bonchev–Trinajstić information content (AvgIpc) is 2.56. The number of benzene rings is 2. The highest BCUT2D eigenvalue weighted by atomic mass is 19.2. The number of carbonyl (C=O) groups is 2. The first-order chi connectivity index (χ1) is 11.8. The van der Waals surface area contributed by atoms with E-state index in [0.29, 0.717) is 11.1 Å². The summed E-state index contributed by atoms with van der Waals surface area (Å²) in [5, 5.41) is 8.91. The first-order valence-corrected chi connectivity index (χ1v) is 7.80. The summed E-state index contributed by atoms with van der Waals surface area (Å²) in [5.41, 5.74) is 2.53. The van der Waals surface area contributed by atoms with E-state index in [4.69, 9.17) is 5.11 Å². The quantitative estimate of drug-likeness (QED) is 0.867. The smallest absolute Gasteiger partial charge is 0.305 e. The Balaban J connectivity index is 2.30. The fraction of sp³-hybridized carbons (Fsp3) is 0.263. The summed E-state index contributed by atoms with van der Waals surface area (Å²) in [7, 11) is 0. The van der Waals surface area contributed by atoms with Crippen LogP contribution in [-0.2, 0) is 11.3 Å². The number of hydrogen-bond donors (Lipinski definition) is 1. The van der Waals surface area contributed by atoms with Crippen molar-refractivity contribution < 1.29 is 23.5 Å². The van der Waals surface area contributed by atoms with Crippen molar-refractivity contribution in [1.29, 1.82) is 0 Å². The fourth-order valence-corrected chi connectivity index (χ4v) is 2.48. The molecule has 132 valence electrons. The summed E-state index contributed by atoms with van der Waals surface area (Å²) in [6, 6.07) is 8.81. The largest absolute Gasteiger partial charge is 0.481 e. The first kappa shape index (κ1) is 18.6. The summed E-state index contributed by atoms with van der Waals surface area (Å²) in [5.74, 6) is -3.35. The second kappa shape index (κ2) is 7.88. The van der Waals surface area contributed by atoms with Crippen LogP contribution in [0.1, 0.15) is 33.5 Å². The zero-order chi connectivity index (χ0) is 18.6. The van der Waals surface area contributed by atoms with Crippen LogP contribution < -0.4 is 0 Å². The first-order valence-electron chi connectivity index (χ1n) is 7.80. The summed E-state index contributed by atoms with van der Waals surface area (Å²) in [6.45, 7) is 3.62. The maximum Gasteiger partial charge on any atom is 0.305 e. The fourth-order valence-electron chi connectivity index (χ4n) is 2.48. The van der Waals surface area contributed by atoms with E-state index in [9.17, 15) is 18.4 Å². The normalized spacial score (nSPS) is 10.6. The maximum absolute atomic E-state index is 13.4. The summed E-state index contributed by atoms with van der Waals surface area (Å²) < 4.78 is 26.5. The standard InChI is InChI=1S/C19H19F2NO3/c1-12-3-4-13(2)15(9-12)19(25)22(8-7-18(23)24)11-14-5-6-16(20)17(21)10-14/h3-6,9-10H,7-8,11H2,1-2H3,(H,23,24). The minimum Gasteiger partial charge on any atom is -0.481 e. The molecular weight excluding hydrogens is 328 g/mol. The van der Waals surface area contributed by atoms with Gasteiger partial charge in [-0.25, -0.2) is 8.78 Å². The lowest BCUT2D eigenvalue weighted by Gasteiger charge is -2.23. The third-order valence-corrected chi connectivity index (χ3v) is 3.86. The summed E-state index contributed by atoms with van der Waals surface area (Å²) in [4.78, 5) is 25.1. The van der Waals surface area contributed by atoms with Gasteiger partial charge in [0.2, 0.25) is 0 Å². The van der Waals surface area contributed by atoms with Gasteiger partial charge in [-0.2, -0.15) is 0 Å². The van der Waals surface area contributed by atoms with Crippen LogP contribution in [0.5, 0.6) is 0 Å². The Labute approximate surface area is 144 Å². The lowest BCUT2D eigenvalue weighted by atomic mass is 10.0. The average molecular weight is 347 g/mol. The van der Waals surface area contributed by atoms with Gasteiger partial charge >= 0.3 is 5.97 Å². The molecule has 0 aliphatic heterocycles. The molecule has 0 bridgehead atoms. The number of carboxylic acids is 1. The van der Waals surface area contributed by atoms with Crippen molar-refractivity contribution >= 4 is 11.9 Å². The molecule has 2 aromatic carbocycles. The molecule has 0 radical (unpaired) electrons. The van der Waals surface area contributed by atoms with Crippen molar-refractivity contribution in [3.63, 3.8) is 0 Å². The van der Waals surface area contributed by atoms with Gasteiger partial charge in [0.25, 0.3) is 5.91 Å². The third-order valence-electron chi connectivity index (χ3n) is 3.86. The Hall–Kier alpha value is -2.76. The molecule has 0 aliphatic carbocycles. The molecule has 1 amide bonds. The zero-order valence-electron chi connectivity index (χ0n) is 14.1. The Kier molecular flexibility index (Phi) is 5.85. The number of nitrogens with zero attached hydrogens (tertiary/aromatic N) is 1. The second-order valence-electron chi connectivity index (χ2n) is 5.94. The van der Waals surface area contributed by atoms with Gasteiger partial charge in [0.15, 0.2) is 11.6 Å². The van der Waals surface area contributed by atoms with Gasteiger partial charge < -0.3 is 10.0 Å². The van der Waals surface area contributed by atoms with Gasteiger partial charge in [0.05, 0.1) is 6.42 Å². The molecule has 1 N–H and O–H groups in total. The topological polar surface area (TPSA) is 57.6 Å². The lowest BCUT2D eigenvalue weighted by molar-refractivity contribution is -0.137. The molecule has 6 heteroatoms. The highest BCUT2D eigenvalue weighted by Gasteiger charge is 2.19. The number of carbonyl (C=O) groups excluding carboxylic acids is 1. The molecule has 0 aromatic heterocycles. The van der Waals surface area contributed by atoms with E-state index < -0.39 is 17.6 Å². The minimum atomic E-state index is -1.04. The molecule has 0 atom stereocenters. The van der Waals surface area contributed by atoms with E-state index in [-0.39, 0.29) is 25.4 Å². The number of aliphatic carboxylic acids is 1. The van der Waals surface area contributed by atoms with Crippen LogP contribution in [-0.4, -0.2) is 28.4 Å². The van der Waals surface area contributed by atoms with Gasteiger partial charge in [-0.3, -0.25) is 9.59 Å². The molecule has 25 heavy (non-hydrogen) atoms. The number of carboxylic acid groups (broad SMARTS) is 1. The van der Waals surface area contributed by atoms with Gasteiger partial charge in [0, 0.05) is 18.7 Å². The van der Waals surface area contributed by atoms with Crippen LogP contribution in [0.15, 0.2) is 36.4 Å². The van der Waals surface area contributed by atoms with Gasteiger partial charge in [0.1, 0.15) is 0 Å². The number of amides is 1. The van der Waals surface area contributed by atoms with Crippen LogP contribution in [0.2, 0.25) is 0 Å². The van der Waals surface area contributed by atoms with Gasteiger partial charge in [-0.15, -0.1) is 0 Å². The van der Waals surface area contributed by atoms with Crippen LogP contribution in [0, 0.1) is 25.5 Å². The highest BCUT2D eigenvalue weighted by molar-refractivity contribution is 5.96. The van der Waals surface area contributed by atoms with E-state index in [1.807, 2.05) is 19.1 Å². The Morgan fingerprint density at radius 1 is 1.04 bits per heavy atom. The van der Waals surface area contributed by atoms with E-state index in [0.717, 1.165) is 23.3 Å². The number of rotatable bonds is 6. The monoisotopic (exact) mass is 347 g/mol. The molecule has 2 rings (SSSR count). The van der Waals surface area contributed by atoms with E-state index in [2.05, 4.69) is 0 Å². The van der Waals surface area contributed by atoms with Crippen molar-refractivity contribution in [2.75, 3.05) is 6.54 Å². The Bertz CT molecular complexity index is 805. The molecule has 0 unspecified atom stereocenters.